The van der Waals surface area contributed by atoms with Crippen molar-refractivity contribution in [3.05, 3.63) is 26.6 Å². The molecule has 0 fully saturated rings. The molecular formula is C18H27N3O4S. The molecule has 0 aliphatic rings. The molecule has 2 rings (SSSR count). The maximum Gasteiger partial charge on any atom is 0.348 e. The van der Waals surface area contributed by atoms with Gasteiger partial charge in [0.05, 0.1) is 18.5 Å². The summed E-state index contributed by atoms with van der Waals surface area (Å²) >= 11 is 1.20. The highest BCUT2D eigenvalue weighted by molar-refractivity contribution is 7.20. The largest absolute Gasteiger partial charge is 0.459 e. The van der Waals surface area contributed by atoms with E-state index in [-0.39, 0.29) is 12.2 Å². The van der Waals surface area contributed by atoms with E-state index in [1.54, 1.807) is 14.0 Å². The summed E-state index contributed by atoms with van der Waals surface area (Å²) in [5.41, 5.74) is 0.396. The zero-order chi connectivity index (χ0) is 19.3. The van der Waals surface area contributed by atoms with E-state index in [2.05, 4.69) is 28.7 Å². The highest BCUT2D eigenvalue weighted by Crippen LogP contribution is 2.27. The first-order valence-electron chi connectivity index (χ1n) is 8.70. The molecule has 0 aromatic carbocycles. The van der Waals surface area contributed by atoms with Crippen molar-refractivity contribution in [2.75, 3.05) is 33.9 Å². The lowest BCUT2D eigenvalue weighted by Gasteiger charge is -2.16. The van der Waals surface area contributed by atoms with Gasteiger partial charge in [-0.05, 0) is 38.4 Å². The van der Waals surface area contributed by atoms with Crippen LogP contribution < -0.4 is 5.56 Å². The fraction of sp³-hybridized carbons (Fsp3) is 0.611. The Balaban J connectivity index is 2.22. The third kappa shape index (κ3) is 5.12. The number of aromatic nitrogens is 2. The molecule has 26 heavy (non-hydrogen) atoms. The van der Waals surface area contributed by atoms with Crippen molar-refractivity contribution < 1.29 is 14.3 Å². The summed E-state index contributed by atoms with van der Waals surface area (Å²) in [4.78, 5) is 35.2. The number of ether oxygens (including phenoxy) is 2. The Morgan fingerprint density at radius 2 is 2.08 bits per heavy atom. The van der Waals surface area contributed by atoms with Crippen LogP contribution in [0.4, 0.5) is 0 Å². The quantitative estimate of drug-likeness (QED) is 0.531. The Kier molecular flexibility index (Phi) is 7.31. The topological polar surface area (TPSA) is 84.5 Å². The van der Waals surface area contributed by atoms with Crippen LogP contribution in [0.2, 0.25) is 0 Å². The van der Waals surface area contributed by atoms with Crippen LogP contribution in [0, 0.1) is 12.8 Å². The monoisotopic (exact) mass is 381 g/mol. The summed E-state index contributed by atoms with van der Waals surface area (Å²) < 4.78 is 10.0. The summed E-state index contributed by atoms with van der Waals surface area (Å²) in [5, 5.41) is 0.460. The number of esters is 1. The number of nitrogens with zero attached hydrogens (tertiary/aromatic N) is 2. The first-order valence-corrected chi connectivity index (χ1v) is 9.52. The van der Waals surface area contributed by atoms with Crippen molar-refractivity contribution in [1.29, 1.82) is 0 Å². The van der Waals surface area contributed by atoms with Gasteiger partial charge < -0.3 is 14.5 Å². The minimum atomic E-state index is -0.447. The van der Waals surface area contributed by atoms with Crippen molar-refractivity contribution in [2.24, 2.45) is 5.92 Å². The molecule has 0 aliphatic carbocycles. The molecule has 8 heteroatoms. The van der Waals surface area contributed by atoms with Gasteiger partial charge in [0.15, 0.2) is 0 Å². The molecule has 0 amide bonds. The molecule has 0 aliphatic heterocycles. The summed E-state index contributed by atoms with van der Waals surface area (Å²) in [5.74, 6) is 0.783. The van der Waals surface area contributed by atoms with E-state index in [4.69, 9.17) is 9.47 Å². The van der Waals surface area contributed by atoms with E-state index < -0.39 is 5.97 Å². The van der Waals surface area contributed by atoms with Gasteiger partial charge in [0.25, 0.3) is 5.56 Å². The van der Waals surface area contributed by atoms with Crippen molar-refractivity contribution in [1.82, 2.24) is 14.9 Å². The predicted molar refractivity (Wildman–Crippen MR) is 103 cm³/mol. The van der Waals surface area contributed by atoms with E-state index in [0.717, 1.165) is 13.0 Å². The van der Waals surface area contributed by atoms with Gasteiger partial charge in [0, 0.05) is 7.11 Å². The molecule has 1 N–H and O–H groups in total. The van der Waals surface area contributed by atoms with Crippen molar-refractivity contribution >= 4 is 27.5 Å². The molecule has 0 unspecified atom stereocenters. The van der Waals surface area contributed by atoms with E-state index in [0.29, 0.717) is 45.6 Å². The molecule has 0 atom stereocenters. The molecule has 0 radical (unpaired) electrons. The molecule has 2 aromatic rings. The molecule has 0 bridgehead atoms. The number of H-pyrrole nitrogens is 1. The Hall–Kier alpha value is -1.77. The first-order chi connectivity index (χ1) is 12.3. The number of thiophene rings is 1. The number of carbonyl (C=O) groups excluding carboxylic acids is 1. The third-order valence-corrected chi connectivity index (χ3v) is 5.23. The highest BCUT2D eigenvalue weighted by Gasteiger charge is 2.20. The van der Waals surface area contributed by atoms with E-state index in [1.165, 1.54) is 11.3 Å². The zero-order valence-electron chi connectivity index (χ0n) is 16.0. The number of fused-ring (bicyclic) bond motifs is 1. The summed E-state index contributed by atoms with van der Waals surface area (Å²) in [6, 6.07) is 0. The minimum absolute atomic E-state index is 0.179. The molecule has 0 saturated heterocycles. The lowest BCUT2D eigenvalue weighted by Crippen LogP contribution is -2.23. The Labute approximate surface area is 157 Å². The number of aryl methyl sites for hydroxylation is 1. The van der Waals surface area contributed by atoms with Gasteiger partial charge in [-0.25, -0.2) is 9.78 Å². The SMILES string of the molecule is COCCOC(=O)c1sc2nc(CN(C)CCC(C)C)[nH]c(=O)c2c1C. The molecule has 2 heterocycles. The van der Waals surface area contributed by atoms with Gasteiger partial charge in [-0.3, -0.25) is 9.69 Å². The van der Waals surface area contributed by atoms with E-state index in [1.807, 2.05) is 7.05 Å². The van der Waals surface area contributed by atoms with Crippen LogP contribution in [0.1, 0.15) is 41.3 Å². The zero-order valence-corrected chi connectivity index (χ0v) is 16.9. The van der Waals surface area contributed by atoms with Crippen molar-refractivity contribution in [2.45, 2.75) is 33.7 Å². The van der Waals surface area contributed by atoms with Crippen molar-refractivity contribution in [3.63, 3.8) is 0 Å². The number of rotatable bonds is 9. The Morgan fingerprint density at radius 1 is 1.35 bits per heavy atom. The summed E-state index contributed by atoms with van der Waals surface area (Å²) in [7, 11) is 3.55. The molecule has 0 saturated carbocycles. The van der Waals surface area contributed by atoms with Crippen LogP contribution in [0.15, 0.2) is 4.79 Å². The molecule has 7 nitrogen and oxygen atoms in total. The van der Waals surface area contributed by atoms with Gasteiger partial charge in [0.1, 0.15) is 22.1 Å². The van der Waals surface area contributed by atoms with E-state index in [9.17, 15) is 9.59 Å². The number of nitrogens with one attached hydrogen (secondary N) is 1. The normalized spacial score (nSPS) is 11.7. The summed E-state index contributed by atoms with van der Waals surface area (Å²) in [6.45, 7) is 8.11. The molecule has 0 spiro atoms. The number of carbonyl (C=O) groups is 1. The molecular weight excluding hydrogens is 354 g/mol. The fourth-order valence-corrected chi connectivity index (χ4v) is 3.65. The highest BCUT2D eigenvalue weighted by atomic mass is 32.1. The Bertz CT molecular complexity index is 813. The molecule has 2 aromatic heterocycles. The average Bonchev–Trinajstić information content (AvgIpc) is 2.90. The fourth-order valence-electron chi connectivity index (χ4n) is 2.55. The summed E-state index contributed by atoms with van der Waals surface area (Å²) in [6.07, 6.45) is 1.08. The van der Waals surface area contributed by atoms with Crippen LogP contribution >= 0.6 is 11.3 Å². The number of hydrogen-bond acceptors (Lipinski definition) is 7. The molecule has 144 valence electrons. The predicted octanol–water partition coefficient (Wildman–Crippen LogP) is 2.57. The minimum Gasteiger partial charge on any atom is -0.459 e. The lowest BCUT2D eigenvalue weighted by atomic mass is 10.1. The maximum absolute atomic E-state index is 12.5. The van der Waals surface area contributed by atoms with E-state index >= 15 is 0 Å². The Morgan fingerprint density at radius 3 is 2.73 bits per heavy atom. The number of hydrogen-bond donors (Lipinski definition) is 1. The van der Waals surface area contributed by atoms with Gasteiger partial charge in [-0.2, -0.15) is 0 Å². The van der Waals surface area contributed by atoms with Gasteiger partial charge in [0.2, 0.25) is 0 Å². The second-order valence-corrected chi connectivity index (χ2v) is 7.80. The van der Waals surface area contributed by atoms with Crippen LogP contribution in [0.3, 0.4) is 0 Å². The number of methoxy groups -OCH3 is 1. The first kappa shape index (κ1) is 20.5. The van der Waals surface area contributed by atoms with Crippen molar-refractivity contribution in [3.8, 4) is 0 Å². The average molecular weight is 381 g/mol. The van der Waals surface area contributed by atoms with Crippen LogP contribution in [-0.2, 0) is 16.0 Å². The maximum atomic E-state index is 12.5. The second kappa shape index (κ2) is 9.25. The standard InChI is InChI=1S/C18H27N3O4S/c1-11(2)6-7-21(4)10-13-19-16(22)14-12(3)15(26-17(14)20-13)18(23)25-9-8-24-5/h11H,6-10H2,1-5H3,(H,19,20,22). The number of aromatic amines is 1. The van der Waals surface area contributed by atoms with Crippen LogP contribution in [-0.4, -0.2) is 54.8 Å². The van der Waals surface area contributed by atoms with Crippen LogP contribution in [0.5, 0.6) is 0 Å². The lowest BCUT2D eigenvalue weighted by molar-refractivity contribution is 0.0393. The van der Waals surface area contributed by atoms with Gasteiger partial charge >= 0.3 is 5.97 Å². The smallest absolute Gasteiger partial charge is 0.348 e. The van der Waals surface area contributed by atoms with Gasteiger partial charge in [-0.15, -0.1) is 11.3 Å². The van der Waals surface area contributed by atoms with Gasteiger partial charge in [-0.1, -0.05) is 13.8 Å². The van der Waals surface area contributed by atoms with Crippen LogP contribution in [0.25, 0.3) is 10.2 Å². The second-order valence-electron chi connectivity index (χ2n) is 6.80. The third-order valence-electron chi connectivity index (χ3n) is 4.06.